The molecule has 6 heteroatoms. The number of urea groups is 1. The van der Waals surface area contributed by atoms with Crippen LogP contribution in [0.3, 0.4) is 0 Å². The molecular formula is C16H21N3O2S. The van der Waals surface area contributed by atoms with E-state index in [-0.39, 0.29) is 6.03 Å². The van der Waals surface area contributed by atoms with Gasteiger partial charge >= 0.3 is 6.03 Å². The van der Waals surface area contributed by atoms with Gasteiger partial charge in [-0.15, -0.1) is 11.8 Å². The van der Waals surface area contributed by atoms with Crippen LogP contribution in [0.15, 0.2) is 45.8 Å². The van der Waals surface area contributed by atoms with Crippen LogP contribution in [0.1, 0.15) is 31.2 Å². The van der Waals surface area contributed by atoms with E-state index in [1.807, 2.05) is 38.1 Å². The topological polar surface area (TPSA) is 67.2 Å². The molecule has 0 unspecified atom stereocenters. The average molecular weight is 319 g/mol. The molecule has 118 valence electrons. The minimum atomic E-state index is -0.198. The molecule has 0 saturated heterocycles. The van der Waals surface area contributed by atoms with Crippen molar-refractivity contribution in [1.29, 1.82) is 0 Å². The molecule has 1 aromatic carbocycles. The van der Waals surface area contributed by atoms with Crippen LogP contribution in [0.2, 0.25) is 0 Å². The molecule has 0 aliphatic heterocycles. The van der Waals surface area contributed by atoms with Crippen molar-refractivity contribution in [2.45, 2.75) is 31.2 Å². The Kier molecular flexibility index (Phi) is 6.33. The number of hydrogen-bond acceptors (Lipinski definition) is 4. The van der Waals surface area contributed by atoms with E-state index in [0.29, 0.717) is 24.8 Å². The molecule has 0 aliphatic carbocycles. The van der Waals surface area contributed by atoms with E-state index in [4.69, 9.17) is 4.52 Å². The molecular weight excluding hydrogens is 298 g/mol. The first-order chi connectivity index (χ1) is 10.6. The molecule has 0 radical (unpaired) electrons. The summed E-state index contributed by atoms with van der Waals surface area (Å²) >= 11 is 1.71. The lowest BCUT2D eigenvalue weighted by molar-refractivity contribution is 0.239. The molecule has 2 amide bonds. The van der Waals surface area contributed by atoms with Crippen LogP contribution < -0.4 is 10.6 Å². The number of aromatic nitrogens is 1. The maximum absolute atomic E-state index is 11.7. The number of carbonyl (C=O) groups excluding carboxylic acids is 1. The third kappa shape index (κ3) is 5.44. The van der Waals surface area contributed by atoms with Gasteiger partial charge in [0, 0.05) is 23.3 Å². The Bertz CT molecular complexity index is 584. The average Bonchev–Trinajstić information content (AvgIpc) is 3.00. The normalized spacial score (nSPS) is 10.7. The van der Waals surface area contributed by atoms with E-state index in [9.17, 15) is 4.79 Å². The van der Waals surface area contributed by atoms with E-state index in [1.165, 1.54) is 4.90 Å². The number of rotatable bonds is 7. The third-order valence-corrected chi connectivity index (χ3v) is 4.01. The van der Waals surface area contributed by atoms with Gasteiger partial charge in [0.15, 0.2) is 5.76 Å². The number of benzene rings is 1. The zero-order valence-electron chi connectivity index (χ0n) is 12.8. The van der Waals surface area contributed by atoms with Crippen molar-refractivity contribution in [1.82, 2.24) is 15.8 Å². The van der Waals surface area contributed by atoms with Gasteiger partial charge in [-0.3, -0.25) is 0 Å². The largest absolute Gasteiger partial charge is 0.359 e. The summed E-state index contributed by atoms with van der Waals surface area (Å²) in [5, 5.41) is 9.53. The Morgan fingerprint density at radius 2 is 2.05 bits per heavy atom. The fraction of sp³-hybridized carbons (Fsp3) is 0.375. The number of hydrogen-bond donors (Lipinski definition) is 2. The molecule has 0 bridgehead atoms. The lowest BCUT2D eigenvalue weighted by Crippen LogP contribution is -2.36. The number of nitrogens with zero attached hydrogens (tertiary/aromatic N) is 1. The summed E-state index contributed by atoms with van der Waals surface area (Å²) in [4.78, 5) is 12.9. The van der Waals surface area contributed by atoms with Crippen LogP contribution >= 0.6 is 11.8 Å². The van der Waals surface area contributed by atoms with E-state index in [0.717, 1.165) is 11.4 Å². The molecule has 0 spiro atoms. The first-order valence-electron chi connectivity index (χ1n) is 7.30. The second-order valence-electron chi connectivity index (χ2n) is 5.14. The predicted molar refractivity (Wildman–Crippen MR) is 88.0 cm³/mol. The number of nitrogens with one attached hydrogen (secondary N) is 2. The summed E-state index contributed by atoms with van der Waals surface area (Å²) in [6.07, 6.45) is 0. The molecule has 0 saturated carbocycles. The lowest BCUT2D eigenvalue weighted by atomic mass is 10.1. The van der Waals surface area contributed by atoms with Gasteiger partial charge < -0.3 is 15.2 Å². The summed E-state index contributed by atoms with van der Waals surface area (Å²) < 4.78 is 5.16. The van der Waals surface area contributed by atoms with Crippen LogP contribution in [-0.2, 0) is 6.54 Å². The minimum absolute atomic E-state index is 0.198. The summed E-state index contributed by atoms with van der Waals surface area (Å²) in [7, 11) is 0. The van der Waals surface area contributed by atoms with Gasteiger partial charge in [-0.25, -0.2) is 4.79 Å². The summed E-state index contributed by atoms with van der Waals surface area (Å²) in [6, 6.07) is 11.8. The zero-order chi connectivity index (χ0) is 15.8. The summed E-state index contributed by atoms with van der Waals surface area (Å²) in [5.41, 5.74) is 0.900. The SMILES string of the molecule is CC(C)c1cc(CNC(=O)NCCSc2ccccc2)on1. The number of carbonyl (C=O) groups is 1. The smallest absolute Gasteiger partial charge is 0.315 e. The fourth-order valence-electron chi connectivity index (χ4n) is 1.76. The highest BCUT2D eigenvalue weighted by atomic mass is 32.2. The van der Waals surface area contributed by atoms with Crippen LogP contribution in [-0.4, -0.2) is 23.5 Å². The Labute approximate surface area is 134 Å². The molecule has 5 nitrogen and oxygen atoms in total. The highest BCUT2D eigenvalue weighted by Gasteiger charge is 2.08. The van der Waals surface area contributed by atoms with E-state index >= 15 is 0 Å². The molecule has 2 N–H and O–H groups in total. The van der Waals surface area contributed by atoms with Crippen molar-refractivity contribution < 1.29 is 9.32 Å². The van der Waals surface area contributed by atoms with Gasteiger partial charge in [-0.2, -0.15) is 0 Å². The molecule has 1 aromatic heterocycles. The molecule has 1 heterocycles. The second-order valence-corrected chi connectivity index (χ2v) is 6.31. The first kappa shape index (κ1) is 16.4. The van der Waals surface area contributed by atoms with Gasteiger partial charge in [0.25, 0.3) is 0 Å². The number of amides is 2. The maximum atomic E-state index is 11.7. The summed E-state index contributed by atoms with van der Waals surface area (Å²) in [6.45, 7) is 5.05. The number of thioether (sulfide) groups is 1. The van der Waals surface area contributed by atoms with Crippen molar-refractivity contribution in [3.8, 4) is 0 Å². The molecule has 0 fully saturated rings. The summed E-state index contributed by atoms with van der Waals surface area (Å²) in [5.74, 6) is 1.82. The zero-order valence-corrected chi connectivity index (χ0v) is 13.7. The molecule has 0 atom stereocenters. The molecule has 2 aromatic rings. The van der Waals surface area contributed by atoms with Crippen LogP contribution in [0.4, 0.5) is 4.79 Å². The maximum Gasteiger partial charge on any atom is 0.315 e. The van der Waals surface area contributed by atoms with Crippen LogP contribution in [0, 0.1) is 0 Å². The van der Waals surface area contributed by atoms with Crippen molar-refractivity contribution in [3.63, 3.8) is 0 Å². The van der Waals surface area contributed by atoms with Gasteiger partial charge in [0.1, 0.15) is 0 Å². The second kappa shape index (κ2) is 8.48. The van der Waals surface area contributed by atoms with Gasteiger partial charge in [0.2, 0.25) is 0 Å². The van der Waals surface area contributed by atoms with Gasteiger partial charge in [-0.1, -0.05) is 37.2 Å². The van der Waals surface area contributed by atoms with Crippen molar-refractivity contribution in [2.75, 3.05) is 12.3 Å². The van der Waals surface area contributed by atoms with Crippen molar-refractivity contribution in [3.05, 3.63) is 47.9 Å². The monoisotopic (exact) mass is 319 g/mol. The first-order valence-corrected chi connectivity index (χ1v) is 8.28. The van der Waals surface area contributed by atoms with E-state index in [2.05, 4.69) is 27.9 Å². The Balaban J connectivity index is 1.61. The Morgan fingerprint density at radius 1 is 1.27 bits per heavy atom. The Hall–Kier alpha value is -1.95. The quantitative estimate of drug-likeness (QED) is 0.606. The highest BCUT2D eigenvalue weighted by molar-refractivity contribution is 7.99. The van der Waals surface area contributed by atoms with E-state index < -0.39 is 0 Å². The van der Waals surface area contributed by atoms with Crippen LogP contribution in [0.5, 0.6) is 0 Å². The third-order valence-electron chi connectivity index (χ3n) is 2.99. The fourth-order valence-corrected chi connectivity index (χ4v) is 2.55. The lowest BCUT2D eigenvalue weighted by Gasteiger charge is -2.06. The van der Waals surface area contributed by atoms with Gasteiger partial charge in [0.05, 0.1) is 12.2 Å². The molecule has 2 rings (SSSR count). The Morgan fingerprint density at radius 3 is 2.73 bits per heavy atom. The standard InChI is InChI=1S/C16H21N3O2S/c1-12(2)15-10-13(21-19-15)11-18-16(20)17-8-9-22-14-6-4-3-5-7-14/h3-7,10,12H,8-9,11H2,1-2H3,(H2,17,18,20). The highest BCUT2D eigenvalue weighted by Crippen LogP contribution is 2.15. The minimum Gasteiger partial charge on any atom is -0.359 e. The van der Waals surface area contributed by atoms with Crippen molar-refractivity contribution >= 4 is 17.8 Å². The van der Waals surface area contributed by atoms with Gasteiger partial charge in [-0.05, 0) is 18.1 Å². The van der Waals surface area contributed by atoms with E-state index in [1.54, 1.807) is 11.8 Å². The van der Waals surface area contributed by atoms with Crippen LogP contribution in [0.25, 0.3) is 0 Å². The molecule has 0 aliphatic rings. The predicted octanol–water partition coefficient (Wildman–Crippen LogP) is 3.39. The van der Waals surface area contributed by atoms with Crippen molar-refractivity contribution in [2.24, 2.45) is 0 Å². The molecule has 22 heavy (non-hydrogen) atoms.